The van der Waals surface area contributed by atoms with Gasteiger partial charge in [0.25, 0.3) is 11.8 Å². The molecular weight excluding hydrogens is 749 g/mol. The Morgan fingerprint density at radius 1 is 0.847 bits per heavy atom. The SMILES string of the molecule is CN1CCN([C@H]2CCCN(c3cnc(C(N)=O)c(Cc4ccc(C5CCN(CC6CCN(c7ccc(C(=O)NC8CCC(=O)NC8=O)cc7)CC6)CC5)cc4)n3)C2)C1=O. The Labute approximate surface area is 345 Å². The van der Waals surface area contributed by atoms with Crippen LogP contribution in [0.25, 0.3) is 0 Å². The second kappa shape index (κ2) is 17.7. The van der Waals surface area contributed by atoms with E-state index in [4.69, 9.17) is 10.7 Å². The number of nitrogens with two attached hydrogens (primary N) is 1. The topological polar surface area (TPSA) is 177 Å². The predicted octanol–water partition coefficient (Wildman–Crippen LogP) is 3.13. The van der Waals surface area contributed by atoms with Crippen molar-refractivity contribution < 1.29 is 24.0 Å². The summed E-state index contributed by atoms with van der Waals surface area (Å²) in [6.45, 7) is 8.23. The number of rotatable bonds is 11. The van der Waals surface area contributed by atoms with Gasteiger partial charge < -0.3 is 35.6 Å². The van der Waals surface area contributed by atoms with Crippen LogP contribution in [-0.4, -0.2) is 132 Å². The molecule has 1 aromatic heterocycles. The van der Waals surface area contributed by atoms with E-state index in [2.05, 4.69) is 54.6 Å². The molecular formula is C44H56N10O5. The highest BCUT2D eigenvalue weighted by atomic mass is 16.2. The van der Waals surface area contributed by atoms with Crippen LogP contribution >= 0.6 is 0 Å². The normalized spacial score (nSPS) is 22.5. The van der Waals surface area contributed by atoms with Crippen molar-refractivity contribution >= 4 is 41.2 Å². The third-order valence-corrected chi connectivity index (χ3v) is 13.1. The van der Waals surface area contributed by atoms with Gasteiger partial charge in [0.15, 0.2) is 0 Å². The Morgan fingerprint density at radius 3 is 2.27 bits per heavy atom. The fourth-order valence-electron chi connectivity index (χ4n) is 9.51. The number of hydrogen-bond donors (Lipinski definition) is 3. The van der Waals surface area contributed by atoms with Gasteiger partial charge in [-0.1, -0.05) is 24.3 Å². The summed E-state index contributed by atoms with van der Waals surface area (Å²) in [5, 5.41) is 5.03. The number of likely N-dealkylation sites (tertiary alicyclic amines) is 1. The van der Waals surface area contributed by atoms with Crippen LogP contribution in [0.5, 0.6) is 0 Å². The highest BCUT2D eigenvalue weighted by Gasteiger charge is 2.35. The number of nitrogens with one attached hydrogen (secondary N) is 2. The zero-order valence-electron chi connectivity index (χ0n) is 34.0. The van der Waals surface area contributed by atoms with Crippen LogP contribution in [0.4, 0.5) is 16.3 Å². The van der Waals surface area contributed by atoms with Crippen LogP contribution in [0.15, 0.2) is 54.7 Å². The van der Waals surface area contributed by atoms with Crippen LogP contribution in [0.1, 0.15) is 95.0 Å². The molecule has 0 bridgehead atoms. The van der Waals surface area contributed by atoms with E-state index in [1.165, 1.54) is 5.56 Å². The van der Waals surface area contributed by atoms with E-state index in [9.17, 15) is 24.0 Å². The fraction of sp³-hybridized carbons (Fsp3) is 0.523. The number of carbonyl (C=O) groups excluding carboxylic acids is 5. The number of primary amides is 1. The van der Waals surface area contributed by atoms with Crippen LogP contribution in [-0.2, 0) is 16.0 Å². The lowest BCUT2D eigenvalue weighted by Gasteiger charge is -2.38. The van der Waals surface area contributed by atoms with Gasteiger partial charge in [0.1, 0.15) is 17.6 Å². The second-order valence-electron chi connectivity index (χ2n) is 17.0. The monoisotopic (exact) mass is 804 g/mol. The Morgan fingerprint density at radius 2 is 1.59 bits per heavy atom. The molecule has 6 amide bonds. The van der Waals surface area contributed by atoms with E-state index < -0.39 is 17.9 Å². The van der Waals surface area contributed by atoms with E-state index in [0.717, 1.165) is 102 Å². The number of amides is 6. The van der Waals surface area contributed by atoms with E-state index in [0.29, 0.717) is 48.3 Å². The number of carbonyl (C=O) groups is 5. The predicted molar refractivity (Wildman–Crippen MR) is 223 cm³/mol. The minimum absolute atomic E-state index is 0.0812. The van der Waals surface area contributed by atoms with Gasteiger partial charge in [0, 0.05) is 77.0 Å². The number of urea groups is 1. The summed E-state index contributed by atoms with van der Waals surface area (Å²) in [5.74, 6) is 0.225. The molecule has 15 nitrogen and oxygen atoms in total. The quantitative estimate of drug-likeness (QED) is 0.244. The highest BCUT2D eigenvalue weighted by Crippen LogP contribution is 2.31. The molecule has 5 fully saturated rings. The summed E-state index contributed by atoms with van der Waals surface area (Å²) in [4.78, 5) is 81.6. The van der Waals surface area contributed by atoms with Crippen LogP contribution in [0.2, 0.25) is 0 Å². The lowest BCUT2D eigenvalue weighted by atomic mass is 9.87. The molecule has 0 saturated carbocycles. The molecule has 5 saturated heterocycles. The molecule has 3 aromatic rings. The average molecular weight is 805 g/mol. The summed E-state index contributed by atoms with van der Waals surface area (Å²) in [6, 6.07) is 15.8. The summed E-state index contributed by atoms with van der Waals surface area (Å²) in [6.07, 6.45) is 9.04. The van der Waals surface area contributed by atoms with Crippen molar-refractivity contribution in [1.29, 1.82) is 0 Å². The number of anilines is 2. The van der Waals surface area contributed by atoms with Crippen molar-refractivity contribution in [2.24, 2.45) is 11.7 Å². The van der Waals surface area contributed by atoms with Crippen LogP contribution in [0.3, 0.4) is 0 Å². The summed E-state index contributed by atoms with van der Waals surface area (Å²) in [7, 11) is 1.85. The molecule has 4 N–H and O–H groups in total. The van der Waals surface area contributed by atoms with E-state index in [1.54, 1.807) is 23.2 Å². The van der Waals surface area contributed by atoms with Gasteiger partial charge in [0.2, 0.25) is 11.8 Å². The van der Waals surface area contributed by atoms with E-state index >= 15 is 0 Å². The summed E-state index contributed by atoms with van der Waals surface area (Å²) in [5.41, 5.74) is 10.5. The molecule has 2 aromatic carbocycles. The van der Waals surface area contributed by atoms with Gasteiger partial charge in [0.05, 0.1) is 17.9 Å². The van der Waals surface area contributed by atoms with Gasteiger partial charge in [-0.3, -0.25) is 24.5 Å². The zero-order valence-corrected chi connectivity index (χ0v) is 34.0. The lowest BCUT2D eigenvalue weighted by Crippen LogP contribution is -2.52. The van der Waals surface area contributed by atoms with Crippen molar-refractivity contribution in [3.8, 4) is 0 Å². The van der Waals surface area contributed by atoms with Gasteiger partial charge >= 0.3 is 6.03 Å². The molecule has 0 spiro atoms. The Hall–Kier alpha value is -5.57. The third-order valence-electron chi connectivity index (χ3n) is 13.1. The number of nitrogens with zero attached hydrogens (tertiary/aromatic N) is 7. The van der Waals surface area contributed by atoms with Gasteiger partial charge in [-0.25, -0.2) is 14.8 Å². The first-order chi connectivity index (χ1) is 28.6. The first-order valence-corrected chi connectivity index (χ1v) is 21.3. The largest absolute Gasteiger partial charge is 0.372 e. The molecule has 312 valence electrons. The molecule has 5 aliphatic heterocycles. The molecule has 2 atom stereocenters. The third kappa shape index (κ3) is 9.35. The minimum Gasteiger partial charge on any atom is -0.372 e. The van der Waals surface area contributed by atoms with Crippen LogP contribution < -0.4 is 26.2 Å². The maximum absolute atomic E-state index is 12.7. The number of benzene rings is 2. The molecule has 5 aliphatic rings. The number of hydrogen-bond acceptors (Lipinski definition) is 10. The Bertz CT molecular complexity index is 2030. The van der Waals surface area contributed by atoms with Gasteiger partial charge in [-0.15, -0.1) is 0 Å². The molecule has 8 rings (SSSR count). The highest BCUT2D eigenvalue weighted by molar-refractivity contribution is 6.03. The molecule has 1 unspecified atom stereocenters. The zero-order chi connectivity index (χ0) is 41.0. The van der Waals surface area contributed by atoms with Crippen molar-refractivity contribution in [1.82, 2.24) is 35.3 Å². The van der Waals surface area contributed by atoms with Crippen molar-refractivity contribution in [3.63, 3.8) is 0 Å². The number of piperidine rings is 4. The number of aromatic nitrogens is 2. The smallest absolute Gasteiger partial charge is 0.320 e. The maximum atomic E-state index is 12.7. The summed E-state index contributed by atoms with van der Waals surface area (Å²) >= 11 is 0. The first kappa shape index (κ1) is 40.2. The fourth-order valence-corrected chi connectivity index (χ4v) is 9.51. The molecule has 15 heteroatoms. The second-order valence-corrected chi connectivity index (χ2v) is 17.0. The number of likely N-dealkylation sites (N-methyl/N-ethyl adjacent to an activating group) is 1. The lowest BCUT2D eigenvalue weighted by molar-refractivity contribution is -0.134. The number of imide groups is 1. The Balaban J connectivity index is 0.789. The molecule has 0 radical (unpaired) electrons. The summed E-state index contributed by atoms with van der Waals surface area (Å²) < 4.78 is 0. The first-order valence-electron chi connectivity index (χ1n) is 21.3. The molecule has 0 aliphatic carbocycles. The van der Waals surface area contributed by atoms with E-state index in [-0.39, 0.29) is 36.0 Å². The van der Waals surface area contributed by atoms with Gasteiger partial charge in [-0.05, 0) is 105 Å². The Kier molecular flexibility index (Phi) is 12.1. The molecule has 6 heterocycles. The standard InChI is InChI=1S/C44H56N10O5/c1-50-23-24-54(44(50)59)35-3-2-18-53(28-35)38-26-46-40(41(45)56)37(47-38)25-29-4-6-31(7-5-29)32-16-19-51(20-17-32)27-30-14-21-52(22-15-30)34-10-8-33(9-11-34)42(57)48-36-12-13-39(55)49-43(36)58/h4-11,26,30,32,35-36H,2-3,12-25,27-28H2,1H3,(H2,45,56)(H,48,57)(H,49,55,58)/t35-,36?/m0/s1. The van der Waals surface area contributed by atoms with E-state index in [1.807, 2.05) is 24.1 Å². The molecule has 59 heavy (non-hydrogen) atoms. The van der Waals surface area contributed by atoms with Crippen molar-refractivity contribution in [2.75, 3.05) is 75.8 Å². The average Bonchev–Trinajstić information content (AvgIpc) is 3.59. The van der Waals surface area contributed by atoms with Crippen LogP contribution in [0, 0.1) is 5.92 Å². The maximum Gasteiger partial charge on any atom is 0.320 e. The minimum atomic E-state index is -0.688. The van der Waals surface area contributed by atoms with Crippen molar-refractivity contribution in [2.45, 2.75) is 75.8 Å². The van der Waals surface area contributed by atoms with Gasteiger partial charge in [-0.2, -0.15) is 0 Å². The van der Waals surface area contributed by atoms with Crippen molar-refractivity contribution in [3.05, 3.63) is 82.8 Å².